The fourth-order valence-electron chi connectivity index (χ4n) is 1.29. The summed E-state index contributed by atoms with van der Waals surface area (Å²) in [6, 6.07) is 0.137. The number of anilines is 1. The standard InChI is InChI=1S/C10H17N3O2/c1-7(4-8(2)14)13-10-11-5-9(15-3)6-12-10/h5-8,14H,4H2,1-3H3,(H,11,12,13). The maximum atomic E-state index is 9.18. The number of nitrogens with zero attached hydrogens (tertiary/aromatic N) is 2. The molecule has 2 unspecified atom stereocenters. The van der Waals surface area contributed by atoms with Crippen LogP contribution in [-0.4, -0.2) is 34.3 Å². The summed E-state index contributed by atoms with van der Waals surface area (Å²) in [5, 5.41) is 12.3. The van der Waals surface area contributed by atoms with Gasteiger partial charge in [0.15, 0.2) is 5.75 Å². The molecule has 1 rings (SSSR count). The molecule has 0 bridgehead atoms. The molecule has 0 fully saturated rings. The van der Waals surface area contributed by atoms with Gasteiger partial charge in [-0.15, -0.1) is 0 Å². The highest BCUT2D eigenvalue weighted by Crippen LogP contribution is 2.09. The van der Waals surface area contributed by atoms with Crippen LogP contribution in [0.2, 0.25) is 0 Å². The number of hydrogen-bond donors (Lipinski definition) is 2. The molecule has 0 amide bonds. The van der Waals surface area contributed by atoms with E-state index in [0.29, 0.717) is 18.1 Å². The second-order valence-electron chi connectivity index (χ2n) is 3.58. The van der Waals surface area contributed by atoms with Crippen molar-refractivity contribution in [3.8, 4) is 5.75 Å². The molecule has 2 N–H and O–H groups in total. The number of ether oxygens (including phenoxy) is 1. The Labute approximate surface area is 89.5 Å². The molecule has 0 saturated carbocycles. The lowest BCUT2D eigenvalue weighted by molar-refractivity contribution is 0.179. The van der Waals surface area contributed by atoms with E-state index in [-0.39, 0.29) is 12.1 Å². The van der Waals surface area contributed by atoms with E-state index in [1.165, 1.54) is 0 Å². The molecular formula is C10H17N3O2. The molecule has 15 heavy (non-hydrogen) atoms. The van der Waals surface area contributed by atoms with Crippen molar-refractivity contribution >= 4 is 5.95 Å². The maximum absolute atomic E-state index is 9.18. The van der Waals surface area contributed by atoms with E-state index in [4.69, 9.17) is 4.74 Å². The van der Waals surface area contributed by atoms with Gasteiger partial charge in [-0.3, -0.25) is 0 Å². The Morgan fingerprint density at radius 2 is 2.00 bits per heavy atom. The molecular weight excluding hydrogens is 194 g/mol. The summed E-state index contributed by atoms with van der Waals surface area (Å²) in [4.78, 5) is 8.14. The molecule has 5 nitrogen and oxygen atoms in total. The zero-order valence-corrected chi connectivity index (χ0v) is 9.27. The Bertz CT molecular complexity index is 287. The van der Waals surface area contributed by atoms with Crippen molar-refractivity contribution in [2.45, 2.75) is 32.4 Å². The molecule has 0 aliphatic heterocycles. The van der Waals surface area contributed by atoms with Crippen LogP contribution in [0.5, 0.6) is 5.75 Å². The third-order valence-electron chi connectivity index (χ3n) is 1.93. The number of aliphatic hydroxyl groups is 1. The fraction of sp³-hybridized carbons (Fsp3) is 0.600. The third kappa shape index (κ3) is 4.12. The summed E-state index contributed by atoms with van der Waals surface area (Å²) < 4.78 is 4.95. The van der Waals surface area contributed by atoms with Gasteiger partial charge in [-0.2, -0.15) is 0 Å². The van der Waals surface area contributed by atoms with Gasteiger partial charge in [0.25, 0.3) is 0 Å². The smallest absolute Gasteiger partial charge is 0.223 e. The van der Waals surface area contributed by atoms with E-state index in [1.54, 1.807) is 26.4 Å². The zero-order chi connectivity index (χ0) is 11.3. The molecule has 0 aliphatic carbocycles. The molecule has 1 aromatic heterocycles. The van der Waals surface area contributed by atoms with E-state index >= 15 is 0 Å². The van der Waals surface area contributed by atoms with Crippen molar-refractivity contribution in [3.05, 3.63) is 12.4 Å². The lowest BCUT2D eigenvalue weighted by Crippen LogP contribution is -2.21. The van der Waals surface area contributed by atoms with Crippen molar-refractivity contribution in [1.29, 1.82) is 0 Å². The number of methoxy groups -OCH3 is 1. The van der Waals surface area contributed by atoms with Crippen LogP contribution in [0.3, 0.4) is 0 Å². The lowest BCUT2D eigenvalue weighted by atomic mass is 10.2. The Hall–Kier alpha value is -1.36. The van der Waals surface area contributed by atoms with Crippen molar-refractivity contribution in [2.75, 3.05) is 12.4 Å². The highest BCUT2D eigenvalue weighted by molar-refractivity contribution is 5.27. The van der Waals surface area contributed by atoms with Crippen LogP contribution < -0.4 is 10.1 Å². The van der Waals surface area contributed by atoms with E-state index in [2.05, 4.69) is 15.3 Å². The number of aliphatic hydroxyl groups excluding tert-OH is 1. The Morgan fingerprint density at radius 1 is 1.40 bits per heavy atom. The van der Waals surface area contributed by atoms with Crippen molar-refractivity contribution < 1.29 is 9.84 Å². The number of nitrogens with one attached hydrogen (secondary N) is 1. The molecule has 0 saturated heterocycles. The highest BCUT2D eigenvalue weighted by atomic mass is 16.5. The van der Waals surface area contributed by atoms with E-state index < -0.39 is 0 Å². The van der Waals surface area contributed by atoms with Crippen molar-refractivity contribution in [2.24, 2.45) is 0 Å². The van der Waals surface area contributed by atoms with Crippen LogP contribution in [-0.2, 0) is 0 Å². The fourth-order valence-corrected chi connectivity index (χ4v) is 1.29. The molecule has 5 heteroatoms. The van der Waals surface area contributed by atoms with Gasteiger partial charge >= 0.3 is 0 Å². The van der Waals surface area contributed by atoms with Crippen LogP contribution in [0, 0.1) is 0 Å². The first kappa shape index (κ1) is 11.7. The van der Waals surface area contributed by atoms with Gasteiger partial charge in [0.05, 0.1) is 25.6 Å². The quantitative estimate of drug-likeness (QED) is 0.762. The minimum atomic E-state index is -0.328. The minimum absolute atomic E-state index is 0.137. The van der Waals surface area contributed by atoms with Gasteiger partial charge < -0.3 is 15.2 Å². The first-order valence-electron chi connectivity index (χ1n) is 4.92. The summed E-state index contributed by atoms with van der Waals surface area (Å²) in [7, 11) is 1.57. The minimum Gasteiger partial charge on any atom is -0.494 e. The first-order valence-corrected chi connectivity index (χ1v) is 4.92. The molecule has 0 aromatic carbocycles. The van der Waals surface area contributed by atoms with Crippen molar-refractivity contribution in [3.63, 3.8) is 0 Å². The molecule has 84 valence electrons. The largest absolute Gasteiger partial charge is 0.494 e. The predicted molar refractivity (Wildman–Crippen MR) is 58.0 cm³/mol. The van der Waals surface area contributed by atoms with Gasteiger partial charge in [0.2, 0.25) is 5.95 Å². The molecule has 2 atom stereocenters. The third-order valence-corrected chi connectivity index (χ3v) is 1.93. The summed E-state index contributed by atoms with van der Waals surface area (Å²) in [5.41, 5.74) is 0. The van der Waals surface area contributed by atoms with E-state index in [9.17, 15) is 5.11 Å². The highest BCUT2D eigenvalue weighted by Gasteiger charge is 2.07. The first-order chi connectivity index (χ1) is 7.11. The second kappa shape index (κ2) is 5.50. The molecule has 1 heterocycles. The van der Waals surface area contributed by atoms with Gasteiger partial charge in [-0.05, 0) is 20.3 Å². The van der Waals surface area contributed by atoms with Crippen molar-refractivity contribution in [1.82, 2.24) is 9.97 Å². The van der Waals surface area contributed by atoms with Gasteiger partial charge in [-0.1, -0.05) is 0 Å². The monoisotopic (exact) mass is 211 g/mol. The topological polar surface area (TPSA) is 67.3 Å². The van der Waals surface area contributed by atoms with Crippen LogP contribution in [0.4, 0.5) is 5.95 Å². The van der Waals surface area contributed by atoms with Crippen LogP contribution in [0.15, 0.2) is 12.4 Å². The summed E-state index contributed by atoms with van der Waals surface area (Å²) in [6.07, 6.45) is 3.54. The summed E-state index contributed by atoms with van der Waals surface area (Å²) >= 11 is 0. The summed E-state index contributed by atoms with van der Waals surface area (Å²) in [5.74, 6) is 1.17. The molecule has 1 aromatic rings. The maximum Gasteiger partial charge on any atom is 0.223 e. The normalized spacial score (nSPS) is 14.4. The molecule has 0 aliphatic rings. The van der Waals surface area contributed by atoms with Gasteiger partial charge in [0.1, 0.15) is 0 Å². The SMILES string of the molecule is COc1cnc(NC(C)CC(C)O)nc1. The van der Waals surface area contributed by atoms with Gasteiger partial charge in [0, 0.05) is 6.04 Å². The van der Waals surface area contributed by atoms with Crippen LogP contribution >= 0.6 is 0 Å². The second-order valence-corrected chi connectivity index (χ2v) is 3.58. The van der Waals surface area contributed by atoms with Crippen LogP contribution in [0.1, 0.15) is 20.3 Å². The van der Waals surface area contributed by atoms with Crippen LogP contribution in [0.25, 0.3) is 0 Å². The Kier molecular flexibility index (Phi) is 4.30. The average Bonchev–Trinajstić information content (AvgIpc) is 2.17. The van der Waals surface area contributed by atoms with E-state index in [0.717, 1.165) is 0 Å². The van der Waals surface area contributed by atoms with E-state index in [1.807, 2.05) is 6.92 Å². The van der Waals surface area contributed by atoms with Gasteiger partial charge in [-0.25, -0.2) is 9.97 Å². The lowest BCUT2D eigenvalue weighted by Gasteiger charge is -2.14. The average molecular weight is 211 g/mol. The summed E-state index contributed by atoms with van der Waals surface area (Å²) in [6.45, 7) is 3.73. The Balaban J connectivity index is 2.49. The molecule has 0 spiro atoms. The number of hydrogen-bond acceptors (Lipinski definition) is 5. The number of aromatic nitrogens is 2. The number of rotatable bonds is 5. The predicted octanol–water partition coefficient (Wildman–Crippen LogP) is 1.06. The molecule has 0 radical (unpaired) electrons. The zero-order valence-electron chi connectivity index (χ0n) is 9.27. The Morgan fingerprint density at radius 3 is 2.47 bits per heavy atom.